The summed E-state index contributed by atoms with van der Waals surface area (Å²) in [6.45, 7) is 7.69. The number of rotatable bonds is 15. The molecule has 2 heterocycles. The second-order valence-corrected chi connectivity index (χ2v) is 11.6. The molecule has 1 amide bonds. The van der Waals surface area contributed by atoms with E-state index in [1.807, 2.05) is 4.90 Å². The number of hydrogen-bond acceptors (Lipinski definition) is 6. The van der Waals surface area contributed by atoms with E-state index in [1.165, 1.54) is 22.3 Å². The van der Waals surface area contributed by atoms with Crippen molar-refractivity contribution in [3.05, 3.63) is 94.5 Å². The number of nitrogens with one attached hydrogen (secondary N) is 1. The predicted molar refractivity (Wildman–Crippen MR) is 170 cm³/mol. The summed E-state index contributed by atoms with van der Waals surface area (Å²) in [7, 11) is 1.70. The lowest BCUT2D eigenvalue weighted by atomic mass is 9.87. The highest BCUT2D eigenvalue weighted by molar-refractivity contribution is 5.96. The first kappa shape index (κ1) is 31.2. The van der Waals surface area contributed by atoms with Crippen LogP contribution in [-0.4, -0.2) is 58.6 Å². The molecule has 0 bridgehead atoms. The lowest BCUT2D eigenvalue weighted by Crippen LogP contribution is -2.41. The Balaban J connectivity index is 1.10. The number of fused-ring (bicyclic) bond motifs is 1. The summed E-state index contributed by atoms with van der Waals surface area (Å²) in [5.74, 6) is 1.39. The molecule has 0 unspecified atom stereocenters. The van der Waals surface area contributed by atoms with Crippen LogP contribution < -0.4 is 15.0 Å². The summed E-state index contributed by atoms with van der Waals surface area (Å²) >= 11 is 0. The summed E-state index contributed by atoms with van der Waals surface area (Å²) in [6, 6.07) is 23.3. The lowest BCUT2D eigenvalue weighted by Gasteiger charge is -2.33. The quantitative estimate of drug-likeness (QED) is 0.222. The van der Waals surface area contributed by atoms with Crippen LogP contribution in [0.3, 0.4) is 0 Å². The molecular formula is C36H46N2O5. The number of aryl methyl sites for hydroxylation is 2. The molecular weight excluding hydrogens is 540 g/mol. The van der Waals surface area contributed by atoms with Crippen molar-refractivity contribution in [1.82, 2.24) is 5.32 Å². The van der Waals surface area contributed by atoms with E-state index >= 15 is 0 Å². The number of methoxy groups -OCH3 is 1. The minimum Gasteiger partial charge on any atom is -0.494 e. The standard InChI is InChI=1S/C36H46N2O5/c1-27-7-3-4-8-31(27)26-41-21-6-22-42-32-14-11-29(12-15-32)33-17-18-37-24-35(33)43-25-28-9-10-30-13-16-36(39)38(34(30)23-28)19-5-20-40-2/h3-4,7-12,14-15,23,33,35,37H,5-6,13,16-22,24-26H2,1-2H3/t33-,35+/m1/s1. The smallest absolute Gasteiger partial charge is 0.227 e. The third-order valence-corrected chi connectivity index (χ3v) is 8.50. The first-order chi connectivity index (χ1) is 21.1. The molecule has 2 aliphatic heterocycles. The minimum atomic E-state index is 0.0707. The summed E-state index contributed by atoms with van der Waals surface area (Å²) in [5, 5.41) is 3.51. The Labute approximate surface area is 256 Å². The molecule has 1 saturated heterocycles. The second-order valence-electron chi connectivity index (χ2n) is 11.6. The third-order valence-electron chi connectivity index (χ3n) is 8.50. The number of anilines is 1. The average molecular weight is 587 g/mol. The molecule has 3 aromatic carbocycles. The zero-order valence-electron chi connectivity index (χ0n) is 25.7. The monoisotopic (exact) mass is 586 g/mol. The van der Waals surface area contributed by atoms with Crippen molar-refractivity contribution in [2.45, 2.75) is 64.3 Å². The van der Waals surface area contributed by atoms with Gasteiger partial charge in [0.1, 0.15) is 5.75 Å². The molecule has 1 N–H and O–H groups in total. The Hall–Kier alpha value is -3.23. The molecule has 2 aliphatic rings. The van der Waals surface area contributed by atoms with Gasteiger partial charge in [-0.05, 0) is 78.7 Å². The van der Waals surface area contributed by atoms with Crippen molar-refractivity contribution in [1.29, 1.82) is 0 Å². The molecule has 3 aromatic rings. The van der Waals surface area contributed by atoms with Crippen LogP contribution in [-0.2, 0) is 38.6 Å². The van der Waals surface area contributed by atoms with Crippen LogP contribution in [0.4, 0.5) is 5.69 Å². The fourth-order valence-electron chi connectivity index (χ4n) is 5.99. The van der Waals surface area contributed by atoms with E-state index in [-0.39, 0.29) is 12.0 Å². The Morgan fingerprint density at radius 2 is 1.79 bits per heavy atom. The van der Waals surface area contributed by atoms with E-state index in [0.717, 1.165) is 55.8 Å². The van der Waals surface area contributed by atoms with Crippen molar-refractivity contribution >= 4 is 11.6 Å². The average Bonchev–Trinajstić information content (AvgIpc) is 3.04. The van der Waals surface area contributed by atoms with Crippen molar-refractivity contribution < 1.29 is 23.7 Å². The Morgan fingerprint density at radius 1 is 0.930 bits per heavy atom. The predicted octanol–water partition coefficient (Wildman–Crippen LogP) is 5.96. The van der Waals surface area contributed by atoms with Crippen molar-refractivity contribution in [2.75, 3.05) is 51.5 Å². The van der Waals surface area contributed by atoms with Gasteiger partial charge < -0.3 is 29.2 Å². The SMILES string of the molecule is COCCCN1C(=O)CCc2ccc(CO[C@H]3CNCC[C@@H]3c3ccc(OCCCOCc4ccccc4C)cc3)cc21. The molecule has 5 rings (SSSR count). The first-order valence-electron chi connectivity index (χ1n) is 15.7. The van der Waals surface area contributed by atoms with Crippen LogP contribution in [0.2, 0.25) is 0 Å². The maximum absolute atomic E-state index is 12.7. The van der Waals surface area contributed by atoms with Gasteiger partial charge in [-0.25, -0.2) is 0 Å². The van der Waals surface area contributed by atoms with Gasteiger partial charge in [0.25, 0.3) is 0 Å². The van der Waals surface area contributed by atoms with Gasteiger partial charge in [-0.1, -0.05) is 48.5 Å². The van der Waals surface area contributed by atoms with Gasteiger partial charge in [-0.15, -0.1) is 0 Å². The lowest BCUT2D eigenvalue weighted by molar-refractivity contribution is -0.118. The minimum absolute atomic E-state index is 0.0707. The van der Waals surface area contributed by atoms with E-state index < -0.39 is 0 Å². The maximum Gasteiger partial charge on any atom is 0.227 e. The highest BCUT2D eigenvalue weighted by Gasteiger charge is 2.28. The number of ether oxygens (including phenoxy) is 4. The van der Waals surface area contributed by atoms with Crippen LogP contribution in [0.15, 0.2) is 66.7 Å². The van der Waals surface area contributed by atoms with Gasteiger partial charge in [0, 0.05) is 51.3 Å². The van der Waals surface area contributed by atoms with Gasteiger partial charge in [-0.2, -0.15) is 0 Å². The van der Waals surface area contributed by atoms with Crippen LogP contribution in [0.25, 0.3) is 0 Å². The van der Waals surface area contributed by atoms with Gasteiger partial charge >= 0.3 is 0 Å². The fraction of sp³-hybridized carbons (Fsp3) is 0.472. The van der Waals surface area contributed by atoms with E-state index in [0.29, 0.717) is 51.9 Å². The number of benzene rings is 3. The molecule has 1 fully saturated rings. The number of amides is 1. The van der Waals surface area contributed by atoms with E-state index in [9.17, 15) is 4.79 Å². The topological polar surface area (TPSA) is 69.3 Å². The summed E-state index contributed by atoms with van der Waals surface area (Å²) < 4.78 is 23.6. The van der Waals surface area contributed by atoms with E-state index in [2.05, 4.69) is 79.0 Å². The molecule has 2 atom stereocenters. The molecule has 7 heteroatoms. The van der Waals surface area contributed by atoms with Gasteiger partial charge in [-0.3, -0.25) is 4.79 Å². The van der Waals surface area contributed by atoms with E-state index in [4.69, 9.17) is 18.9 Å². The van der Waals surface area contributed by atoms with Crippen molar-refractivity contribution in [2.24, 2.45) is 0 Å². The molecule has 0 radical (unpaired) electrons. The number of nitrogens with zero attached hydrogens (tertiary/aromatic N) is 1. The largest absolute Gasteiger partial charge is 0.494 e. The molecule has 230 valence electrons. The van der Waals surface area contributed by atoms with Gasteiger partial charge in [0.15, 0.2) is 0 Å². The molecule has 0 aliphatic carbocycles. The van der Waals surface area contributed by atoms with Crippen LogP contribution in [0.1, 0.15) is 59.4 Å². The van der Waals surface area contributed by atoms with Crippen LogP contribution >= 0.6 is 0 Å². The van der Waals surface area contributed by atoms with E-state index in [1.54, 1.807) is 7.11 Å². The normalized spacial score (nSPS) is 18.5. The zero-order valence-corrected chi connectivity index (χ0v) is 25.7. The number of hydrogen-bond donors (Lipinski definition) is 1. The van der Waals surface area contributed by atoms with Gasteiger partial charge in [0.2, 0.25) is 5.91 Å². The molecule has 43 heavy (non-hydrogen) atoms. The molecule has 0 aromatic heterocycles. The maximum atomic E-state index is 12.7. The van der Waals surface area contributed by atoms with Crippen LogP contribution in [0.5, 0.6) is 5.75 Å². The number of piperidine rings is 1. The Bertz CT molecular complexity index is 1310. The zero-order chi connectivity index (χ0) is 29.9. The van der Waals surface area contributed by atoms with Crippen LogP contribution in [0, 0.1) is 6.92 Å². The van der Waals surface area contributed by atoms with Crippen molar-refractivity contribution in [3.63, 3.8) is 0 Å². The first-order valence-corrected chi connectivity index (χ1v) is 15.7. The number of carbonyl (C=O) groups is 1. The van der Waals surface area contributed by atoms with Crippen molar-refractivity contribution in [3.8, 4) is 5.75 Å². The fourth-order valence-corrected chi connectivity index (χ4v) is 5.99. The highest BCUT2D eigenvalue weighted by Crippen LogP contribution is 2.32. The third kappa shape index (κ3) is 8.67. The number of carbonyl (C=O) groups excluding carboxylic acids is 1. The summed E-state index contributed by atoms with van der Waals surface area (Å²) in [4.78, 5) is 14.6. The molecule has 7 nitrogen and oxygen atoms in total. The second kappa shape index (κ2) is 16.0. The summed E-state index contributed by atoms with van der Waals surface area (Å²) in [6.07, 6.45) is 4.13. The highest BCUT2D eigenvalue weighted by atomic mass is 16.5. The Kier molecular flexibility index (Phi) is 11.6. The molecule has 0 saturated carbocycles. The van der Waals surface area contributed by atoms with Gasteiger partial charge in [0.05, 0.1) is 32.5 Å². The molecule has 0 spiro atoms. The summed E-state index contributed by atoms with van der Waals surface area (Å²) in [5.41, 5.74) is 7.13. The Morgan fingerprint density at radius 3 is 2.63 bits per heavy atom.